The van der Waals surface area contributed by atoms with Crippen molar-refractivity contribution in [2.45, 2.75) is 27.2 Å². The third-order valence-electron chi connectivity index (χ3n) is 3.07. The predicted molar refractivity (Wildman–Crippen MR) is 88.9 cm³/mol. The molecule has 0 bridgehead atoms. The van der Waals surface area contributed by atoms with E-state index in [9.17, 15) is 4.79 Å². The second-order valence-electron chi connectivity index (χ2n) is 5.03. The van der Waals surface area contributed by atoms with Crippen LogP contribution in [0.4, 0.5) is 11.5 Å². The largest absolute Gasteiger partial charge is 0.351 e. The zero-order valence-corrected chi connectivity index (χ0v) is 13.7. The number of rotatable bonds is 5. The summed E-state index contributed by atoms with van der Waals surface area (Å²) in [5.41, 5.74) is 2.24. The Hall–Kier alpha value is -2.14. The van der Waals surface area contributed by atoms with E-state index < -0.39 is 0 Å². The van der Waals surface area contributed by atoms with Crippen molar-refractivity contribution in [3.63, 3.8) is 0 Å². The maximum atomic E-state index is 12.0. The van der Waals surface area contributed by atoms with Crippen LogP contribution in [0.5, 0.6) is 0 Å². The second-order valence-corrected chi connectivity index (χ2v) is 5.46. The molecular weight excluding hydrogens is 300 g/mol. The monoisotopic (exact) mass is 318 g/mol. The average Bonchev–Trinajstić information content (AvgIpc) is 2.48. The molecule has 0 saturated heterocycles. The molecule has 0 saturated carbocycles. The molecule has 0 atom stereocenters. The van der Waals surface area contributed by atoms with Crippen LogP contribution in [-0.4, -0.2) is 22.4 Å². The molecule has 0 unspecified atom stereocenters. The number of hydrogen-bond donors (Lipinski definition) is 2. The number of carbonyl (C=O) groups excluding carboxylic acids is 1. The van der Waals surface area contributed by atoms with Crippen LogP contribution >= 0.6 is 11.6 Å². The van der Waals surface area contributed by atoms with Crippen molar-refractivity contribution in [2.24, 2.45) is 0 Å². The van der Waals surface area contributed by atoms with Gasteiger partial charge in [0.25, 0.3) is 5.91 Å². The van der Waals surface area contributed by atoms with Gasteiger partial charge in [-0.25, -0.2) is 9.97 Å². The van der Waals surface area contributed by atoms with Gasteiger partial charge in [-0.15, -0.1) is 0 Å². The molecule has 0 radical (unpaired) electrons. The maximum Gasteiger partial charge on any atom is 0.270 e. The van der Waals surface area contributed by atoms with Gasteiger partial charge < -0.3 is 10.6 Å². The van der Waals surface area contributed by atoms with Gasteiger partial charge in [-0.2, -0.15) is 0 Å². The van der Waals surface area contributed by atoms with Crippen LogP contribution in [0.2, 0.25) is 5.02 Å². The van der Waals surface area contributed by atoms with Crippen molar-refractivity contribution in [2.75, 3.05) is 11.9 Å². The Balaban J connectivity index is 2.26. The van der Waals surface area contributed by atoms with Crippen LogP contribution in [0.1, 0.15) is 35.2 Å². The molecule has 0 aliphatic rings. The average molecular weight is 319 g/mol. The van der Waals surface area contributed by atoms with E-state index in [1.807, 2.05) is 32.0 Å². The molecule has 2 aromatic rings. The first-order valence-corrected chi connectivity index (χ1v) is 7.54. The standard InChI is InChI=1S/C16H19ClN4O/c1-4-7-18-16(22)14-9-15(20-11(3)19-14)21-13-8-12(17)6-5-10(13)2/h5-6,8-9H,4,7H2,1-3H3,(H,18,22)(H,19,20,21). The van der Waals surface area contributed by atoms with E-state index in [0.717, 1.165) is 17.7 Å². The van der Waals surface area contributed by atoms with Crippen molar-refractivity contribution in [1.82, 2.24) is 15.3 Å². The molecule has 1 aromatic carbocycles. The summed E-state index contributed by atoms with van der Waals surface area (Å²) in [5.74, 6) is 0.907. The van der Waals surface area contributed by atoms with Gasteiger partial charge in [0.15, 0.2) is 0 Å². The Morgan fingerprint density at radius 3 is 2.73 bits per heavy atom. The van der Waals surface area contributed by atoms with Crippen molar-refractivity contribution in [3.8, 4) is 0 Å². The number of carbonyl (C=O) groups is 1. The van der Waals surface area contributed by atoms with Crippen LogP contribution in [0.25, 0.3) is 0 Å². The van der Waals surface area contributed by atoms with Gasteiger partial charge in [0, 0.05) is 23.3 Å². The minimum atomic E-state index is -0.196. The normalized spacial score (nSPS) is 10.4. The van der Waals surface area contributed by atoms with Gasteiger partial charge in [0.2, 0.25) is 0 Å². The highest BCUT2D eigenvalue weighted by molar-refractivity contribution is 6.30. The first kappa shape index (κ1) is 16.2. The lowest BCUT2D eigenvalue weighted by molar-refractivity contribution is 0.0948. The molecule has 1 aromatic heterocycles. The summed E-state index contributed by atoms with van der Waals surface area (Å²) in [4.78, 5) is 20.5. The number of nitrogens with one attached hydrogen (secondary N) is 2. The Kier molecular flexibility index (Phi) is 5.33. The number of aryl methyl sites for hydroxylation is 2. The fourth-order valence-corrected chi connectivity index (χ4v) is 2.12. The fourth-order valence-electron chi connectivity index (χ4n) is 1.94. The van der Waals surface area contributed by atoms with Crippen LogP contribution in [-0.2, 0) is 0 Å². The van der Waals surface area contributed by atoms with Gasteiger partial charge in [-0.05, 0) is 38.0 Å². The maximum absolute atomic E-state index is 12.0. The van der Waals surface area contributed by atoms with E-state index in [4.69, 9.17) is 11.6 Å². The zero-order chi connectivity index (χ0) is 16.1. The van der Waals surface area contributed by atoms with Crippen LogP contribution in [0.3, 0.4) is 0 Å². The first-order valence-electron chi connectivity index (χ1n) is 7.16. The third-order valence-corrected chi connectivity index (χ3v) is 3.30. The van der Waals surface area contributed by atoms with Crippen molar-refractivity contribution < 1.29 is 4.79 Å². The molecule has 22 heavy (non-hydrogen) atoms. The van der Waals surface area contributed by atoms with E-state index in [1.165, 1.54) is 0 Å². The number of aromatic nitrogens is 2. The van der Waals surface area contributed by atoms with E-state index in [2.05, 4.69) is 20.6 Å². The molecule has 0 aliphatic heterocycles. The van der Waals surface area contributed by atoms with Gasteiger partial charge in [0.1, 0.15) is 17.3 Å². The number of benzene rings is 1. The van der Waals surface area contributed by atoms with E-state index in [1.54, 1.807) is 13.0 Å². The summed E-state index contributed by atoms with van der Waals surface area (Å²) in [7, 11) is 0. The molecule has 0 spiro atoms. The quantitative estimate of drug-likeness (QED) is 0.883. The topological polar surface area (TPSA) is 66.9 Å². The Bertz CT molecular complexity index is 688. The highest BCUT2D eigenvalue weighted by atomic mass is 35.5. The van der Waals surface area contributed by atoms with E-state index in [-0.39, 0.29) is 5.91 Å². The highest BCUT2D eigenvalue weighted by Crippen LogP contribution is 2.23. The molecule has 2 N–H and O–H groups in total. The van der Waals surface area contributed by atoms with Gasteiger partial charge in [-0.1, -0.05) is 24.6 Å². The summed E-state index contributed by atoms with van der Waals surface area (Å²) < 4.78 is 0. The lowest BCUT2D eigenvalue weighted by Crippen LogP contribution is -2.25. The number of amides is 1. The number of hydrogen-bond acceptors (Lipinski definition) is 4. The molecule has 2 rings (SSSR count). The van der Waals surface area contributed by atoms with Crippen molar-refractivity contribution in [1.29, 1.82) is 0 Å². The lowest BCUT2D eigenvalue weighted by atomic mass is 10.2. The fraction of sp³-hybridized carbons (Fsp3) is 0.312. The summed E-state index contributed by atoms with van der Waals surface area (Å²) >= 11 is 6.02. The highest BCUT2D eigenvalue weighted by Gasteiger charge is 2.10. The lowest BCUT2D eigenvalue weighted by Gasteiger charge is -2.11. The smallest absolute Gasteiger partial charge is 0.270 e. The summed E-state index contributed by atoms with van der Waals surface area (Å²) in [6.45, 7) is 6.35. The molecule has 1 amide bonds. The van der Waals surface area contributed by atoms with Gasteiger partial charge >= 0.3 is 0 Å². The Morgan fingerprint density at radius 1 is 1.23 bits per heavy atom. The minimum Gasteiger partial charge on any atom is -0.351 e. The molecule has 6 heteroatoms. The first-order chi connectivity index (χ1) is 10.5. The SMILES string of the molecule is CCCNC(=O)c1cc(Nc2cc(Cl)ccc2C)nc(C)n1. The molecule has 116 valence electrons. The molecule has 0 aliphatic carbocycles. The molecule has 0 fully saturated rings. The second kappa shape index (κ2) is 7.22. The minimum absolute atomic E-state index is 0.196. The summed E-state index contributed by atoms with van der Waals surface area (Å²) in [5, 5.41) is 6.64. The number of anilines is 2. The van der Waals surface area contributed by atoms with Crippen LogP contribution in [0.15, 0.2) is 24.3 Å². The predicted octanol–water partition coefficient (Wildman–Crippen LogP) is 3.63. The van der Waals surface area contributed by atoms with Gasteiger partial charge in [-0.3, -0.25) is 4.79 Å². The van der Waals surface area contributed by atoms with Crippen molar-refractivity contribution >= 4 is 29.0 Å². The number of nitrogens with zero attached hydrogens (tertiary/aromatic N) is 2. The Morgan fingerprint density at radius 2 is 2.00 bits per heavy atom. The molecule has 1 heterocycles. The summed E-state index contributed by atoms with van der Waals surface area (Å²) in [6.07, 6.45) is 0.878. The summed E-state index contributed by atoms with van der Waals surface area (Å²) in [6, 6.07) is 7.22. The third kappa shape index (κ3) is 4.18. The Labute approximate surface area is 135 Å². The number of halogens is 1. The van der Waals surface area contributed by atoms with E-state index in [0.29, 0.717) is 28.9 Å². The van der Waals surface area contributed by atoms with Crippen molar-refractivity contribution in [3.05, 3.63) is 46.4 Å². The van der Waals surface area contributed by atoms with Gasteiger partial charge in [0.05, 0.1) is 0 Å². The van der Waals surface area contributed by atoms with Crippen LogP contribution < -0.4 is 10.6 Å². The van der Waals surface area contributed by atoms with Crippen LogP contribution in [0, 0.1) is 13.8 Å². The molecular formula is C16H19ClN4O. The van der Waals surface area contributed by atoms with E-state index >= 15 is 0 Å². The zero-order valence-electron chi connectivity index (χ0n) is 12.9. The molecule has 5 nitrogen and oxygen atoms in total.